The summed E-state index contributed by atoms with van der Waals surface area (Å²) >= 11 is 0. The number of carboxylic acids is 1. The summed E-state index contributed by atoms with van der Waals surface area (Å²) in [5.41, 5.74) is -0.513. The van der Waals surface area contributed by atoms with E-state index in [4.69, 9.17) is 0 Å². The molecule has 0 atom stereocenters. The molecular formula is C16H19N3O4S. The van der Waals surface area contributed by atoms with Crippen LogP contribution < -0.4 is 0 Å². The second kappa shape index (κ2) is 6.03. The standard InChI is InChI=1S/C16H19N3O4S/c1-13-5-2-3-6-14(13)24(22,23)18-11-7-16(8-12-18,15(20)21)19-10-4-9-17-19/h2-6,9-10H,7-8,11-12H2,1H3,(H,20,21). The first-order chi connectivity index (χ1) is 11.4. The van der Waals surface area contributed by atoms with Crippen LogP contribution in [0.5, 0.6) is 0 Å². The fourth-order valence-corrected chi connectivity index (χ4v) is 4.81. The lowest BCUT2D eigenvalue weighted by Crippen LogP contribution is -2.52. The fourth-order valence-electron chi connectivity index (χ4n) is 3.14. The Labute approximate surface area is 140 Å². The summed E-state index contributed by atoms with van der Waals surface area (Å²) in [6.45, 7) is 2.04. The molecule has 0 amide bonds. The number of benzene rings is 1. The highest BCUT2D eigenvalue weighted by molar-refractivity contribution is 7.89. The lowest BCUT2D eigenvalue weighted by Gasteiger charge is -2.38. The molecule has 0 radical (unpaired) electrons. The van der Waals surface area contributed by atoms with Crippen molar-refractivity contribution in [3.8, 4) is 0 Å². The zero-order valence-corrected chi connectivity index (χ0v) is 14.1. The molecule has 0 spiro atoms. The number of rotatable bonds is 4. The Morgan fingerprint density at radius 1 is 1.21 bits per heavy atom. The van der Waals surface area contributed by atoms with E-state index in [0.717, 1.165) is 0 Å². The maximum atomic E-state index is 12.8. The molecule has 0 aliphatic carbocycles. The Bertz CT molecular complexity index is 838. The van der Waals surface area contributed by atoms with Gasteiger partial charge in [-0.2, -0.15) is 9.40 Å². The lowest BCUT2D eigenvalue weighted by molar-refractivity contribution is -0.150. The predicted molar refractivity (Wildman–Crippen MR) is 87.0 cm³/mol. The van der Waals surface area contributed by atoms with Crippen molar-refractivity contribution in [1.29, 1.82) is 0 Å². The van der Waals surface area contributed by atoms with E-state index in [-0.39, 0.29) is 30.8 Å². The number of nitrogens with zero attached hydrogens (tertiary/aromatic N) is 3. The van der Waals surface area contributed by atoms with Crippen LogP contribution in [0.4, 0.5) is 0 Å². The molecule has 24 heavy (non-hydrogen) atoms. The molecule has 3 rings (SSSR count). The highest BCUT2D eigenvalue weighted by Gasteiger charge is 2.46. The summed E-state index contributed by atoms with van der Waals surface area (Å²) in [5, 5.41) is 13.7. The Balaban J connectivity index is 1.87. The largest absolute Gasteiger partial charge is 0.479 e. The molecule has 2 heterocycles. The summed E-state index contributed by atoms with van der Waals surface area (Å²) in [6, 6.07) is 8.48. The van der Waals surface area contributed by atoms with E-state index >= 15 is 0 Å². The van der Waals surface area contributed by atoms with Crippen molar-refractivity contribution >= 4 is 16.0 Å². The molecule has 128 valence electrons. The van der Waals surface area contributed by atoms with Gasteiger partial charge < -0.3 is 5.11 Å². The van der Waals surface area contributed by atoms with Gasteiger partial charge in [-0.05, 0) is 37.5 Å². The third-order valence-corrected chi connectivity index (χ3v) is 6.66. The van der Waals surface area contributed by atoms with Gasteiger partial charge in [-0.1, -0.05) is 18.2 Å². The van der Waals surface area contributed by atoms with E-state index in [1.54, 1.807) is 43.5 Å². The minimum absolute atomic E-state index is 0.142. The number of hydrogen-bond donors (Lipinski definition) is 1. The number of hydrogen-bond acceptors (Lipinski definition) is 4. The van der Waals surface area contributed by atoms with E-state index in [0.29, 0.717) is 5.56 Å². The van der Waals surface area contributed by atoms with E-state index in [2.05, 4.69) is 5.10 Å². The molecule has 1 aliphatic heterocycles. The maximum Gasteiger partial charge on any atom is 0.331 e. The van der Waals surface area contributed by atoms with E-state index in [1.165, 1.54) is 15.2 Å². The van der Waals surface area contributed by atoms with Crippen LogP contribution in [0, 0.1) is 6.92 Å². The molecule has 2 aromatic rings. The van der Waals surface area contributed by atoms with Gasteiger partial charge in [0.15, 0.2) is 5.54 Å². The van der Waals surface area contributed by atoms with Gasteiger partial charge in [-0.15, -0.1) is 0 Å². The number of piperidine rings is 1. The fraction of sp³-hybridized carbons (Fsp3) is 0.375. The van der Waals surface area contributed by atoms with Gasteiger partial charge >= 0.3 is 5.97 Å². The van der Waals surface area contributed by atoms with Crippen molar-refractivity contribution < 1.29 is 18.3 Å². The van der Waals surface area contributed by atoms with Crippen LogP contribution in [0.15, 0.2) is 47.6 Å². The van der Waals surface area contributed by atoms with Crippen molar-refractivity contribution in [2.75, 3.05) is 13.1 Å². The molecule has 7 nitrogen and oxygen atoms in total. The number of carbonyl (C=O) groups is 1. The van der Waals surface area contributed by atoms with E-state index < -0.39 is 21.5 Å². The monoisotopic (exact) mass is 349 g/mol. The normalized spacial score (nSPS) is 18.4. The summed E-state index contributed by atoms with van der Waals surface area (Å²) in [6.07, 6.45) is 3.49. The van der Waals surface area contributed by atoms with Crippen LogP contribution in [0.3, 0.4) is 0 Å². The highest BCUT2D eigenvalue weighted by atomic mass is 32.2. The molecule has 1 aromatic carbocycles. The number of aromatic nitrogens is 2. The third-order valence-electron chi connectivity index (χ3n) is 4.60. The van der Waals surface area contributed by atoms with Crippen LogP contribution in [0.2, 0.25) is 0 Å². The minimum Gasteiger partial charge on any atom is -0.479 e. The van der Waals surface area contributed by atoms with Gasteiger partial charge in [0.25, 0.3) is 0 Å². The Kier molecular flexibility index (Phi) is 4.18. The third kappa shape index (κ3) is 2.61. The maximum absolute atomic E-state index is 12.8. The van der Waals surface area contributed by atoms with E-state index in [9.17, 15) is 18.3 Å². The van der Waals surface area contributed by atoms with Crippen molar-refractivity contribution in [3.63, 3.8) is 0 Å². The number of carboxylic acid groups (broad SMARTS) is 1. The zero-order chi connectivity index (χ0) is 17.4. The predicted octanol–water partition coefficient (Wildman–Crippen LogP) is 1.46. The molecule has 1 aliphatic rings. The lowest BCUT2D eigenvalue weighted by atomic mass is 9.88. The van der Waals surface area contributed by atoms with Gasteiger partial charge in [0.2, 0.25) is 10.0 Å². The molecule has 0 unspecified atom stereocenters. The Morgan fingerprint density at radius 3 is 2.42 bits per heavy atom. The van der Waals surface area contributed by atoms with E-state index in [1.807, 2.05) is 0 Å². The first-order valence-corrected chi connectivity index (χ1v) is 9.11. The van der Waals surface area contributed by atoms with Gasteiger partial charge in [-0.25, -0.2) is 13.2 Å². The SMILES string of the molecule is Cc1ccccc1S(=O)(=O)N1CCC(C(=O)O)(n2cccn2)CC1. The van der Waals surface area contributed by atoms with Crippen LogP contribution in [0.1, 0.15) is 18.4 Å². The molecule has 1 saturated heterocycles. The van der Waals surface area contributed by atoms with Gasteiger partial charge in [0.05, 0.1) is 4.90 Å². The molecule has 0 saturated carbocycles. The molecule has 1 N–H and O–H groups in total. The minimum atomic E-state index is -3.63. The first-order valence-electron chi connectivity index (χ1n) is 7.67. The summed E-state index contributed by atoms with van der Waals surface area (Å²) in [5.74, 6) is -0.987. The summed E-state index contributed by atoms with van der Waals surface area (Å²) in [7, 11) is -3.63. The second-order valence-corrected chi connectivity index (χ2v) is 7.86. The molecule has 0 bridgehead atoms. The molecular weight excluding hydrogens is 330 g/mol. The molecule has 8 heteroatoms. The molecule has 1 fully saturated rings. The van der Waals surface area contributed by atoms with Crippen molar-refractivity contribution in [3.05, 3.63) is 48.3 Å². The number of sulfonamides is 1. The summed E-state index contributed by atoms with van der Waals surface area (Å²) < 4.78 is 28.4. The molecule has 1 aromatic heterocycles. The quantitative estimate of drug-likeness (QED) is 0.902. The van der Waals surface area contributed by atoms with Gasteiger partial charge in [0.1, 0.15) is 0 Å². The van der Waals surface area contributed by atoms with Crippen molar-refractivity contribution in [1.82, 2.24) is 14.1 Å². The van der Waals surface area contributed by atoms with Gasteiger partial charge in [0, 0.05) is 25.5 Å². The van der Waals surface area contributed by atoms with Crippen molar-refractivity contribution in [2.45, 2.75) is 30.2 Å². The number of aryl methyl sites for hydroxylation is 1. The van der Waals surface area contributed by atoms with Crippen LogP contribution >= 0.6 is 0 Å². The van der Waals surface area contributed by atoms with Gasteiger partial charge in [-0.3, -0.25) is 4.68 Å². The second-order valence-electron chi connectivity index (χ2n) is 5.96. The highest BCUT2D eigenvalue weighted by Crippen LogP contribution is 2.33. The number of aliphatic carboxylic acids is 1. The first kappa shape index (κ1) is 16.7. The Hall–Kier alpha value is -2.19. The smallest absolute Gasteiger partial charge is 0.331 e. The zero-order valence-electron chi connectivity index (χ0n) is 13.3. The topological polar surface area (TPSA) is 92.5 Å². The van der Waals surface area contributed by atoms with Crippen molar-refractivity contribution in [2.24, 2.45) is 0 Å². The summed E-state index contributed by atoms with van der Waals surface area (Å²) in [4.78, 5) is 12.1. The Morgan fingerprint density at radius 2 is 1.88 bits per heavy atom. The van der Waals surface area contributed by atoms with Crippen LogP contribution in [-0.2, 0) is 20.4 Å². The van der Waals surface area contributed by atoms with Crippen LogP contribution in [0.25, 0.3) is 0 Å². The van der Waals surface area contributed by atoms with Crippen LogP contribution in [-0.4, -0.2) is 46.7 Å². The average Bonchev–Trinajstić information content (AvgIpc) is 3.10. The average molecular weight is 349 g/mol.